The van der Waals surface area contributed by atoms with Crippen molar-refractivity contribution in [3.05, 3.63) is 34.0 Å². The zero-order valence-corrected chi connectivity index (χ0v) is 23.1. The molecule has 208 valence electrons. The largest absolute Gasteiger partial charge is 0.426 e. The summed E-state index contributed by atoms with van der Waals surface area (Å²) in [6, 6.07) is -0.998. The van der Waals surface area contributed by atoms with E-state index in [0.717, 1.165) is 11.3 Å². The van der Waals surface area contributed by atoms with E-state index in [1.54, 1.807) is 18.0 Å². The quantitative estimate of drug-likeness (QED) is 0.105. The molecule has 0 aromatic carbocycles. The van der Waals surface area contributed by atoms with Crippen LogP contribution in [0, 0.1) is 0 Å². The Balaban J connectivity index is 1.60. The molecule has 0 spiro atoms. The number of amides is 3. The van der Waals surface area contributed by atoms with Gasteiger partial charge in [-0.2, -0.15) is 0 Å². The summed E-state index contributed by atoms with van der Waals surface area (Å²) in [6.07, 6.45) is 0.861. The third-order valence-electron chi connectivity index (χ3n) is 5.93. The van der Waals surface area contributed by atoms with Crippen LogP contribution in [0.15, 0.2) is 33.5 Å². The molecule has 4 rings (SSSR count). The molecule has 2 saturated heterocycles. The van der Waals surface area contributed by atoms with Crippen molar-refractivity contribution in [1.29, 1.82) is 0 Å². The minimum Gasteiger partial charge on any atom is -0.426 e. The molecule has 0 bridgehead atoms. The number of carbonyl (C=O) groups is 5. The molecule has 3 unspecified atom stereocenters. The molecule has 3 aliphatic rings. The molecular weight excluding hydrogens is 552 g/mol. The van der Waals surface area contributed by atoms with Crippen molar-refractivity contribution in [2.24, 2.45) is 5.16 Å². The van der Waals surface area contributed by atoms with Crippen molar-refractivity contribution in [3.8, 4) is 0 Å². The molecule has 3 amide bonds. The average Bonchev–Trinajstić information content (AvgIpc) is 3.44. The van der Waals surface area contributed by atoms with Gasteiger partial charge in [0.25, 0.3) is 11.8 Å². The molecule has 39 heavy (non-hydrogen) atoms. The molecule has 3 aliphatic heterocycles. The number of carbonyl (C=O) groups excluding carboxylic acids is 5. The molecule has 0 aliphatic carbocycles. The number of allylic oxidation sites excluding steroid dienone is 1. The summed E-state index contributed by atoms with van der Waals surface area (Å²) in [7, 11) is 2.94. The number of rotatable bonds is 8. The summed E-state index contributed by atoms with van der Waals surface area (Å²) in [4.78, 5) is 74.9. The molecule has 16 heteroatoms. The highest BCUT2D eigenvalue weighted by molar-refractivity contribution is 8.00. The maximum atomic E-state index is 13.3. The van der Waals surface area contributed by atoms with E-state index in [9.17, 15) is 24.0 Å². The van der Waals surface area contributed by atoms with Crippen LogP contribution in [0.4, 0.5) is 5.13 Å². The number of likely N-dealkylation sites (tertiary alicyclic amines) is 1. The topological polar surface area (TPSA) is 183 Å². The Morgan fingerprint density at radius 2 is 2.05 bits per heavy atom. The number of aromatic nitrogens is 1. The van der Waals surface area contributed by atoms with Gasteiger partial charge < -0.3 is 30.3 Å². The van der Waals surface area contributed by atoms with Gasteiger partial charge in [-0.05, 0) is 18.1 Å². The number of anilines is 1. The van der Waals surface area contributed by atoms with E-state index < -0.39 is 41.5 Å². The van der Waals surface area contributed by atoms with E-state index >= 15 is 0 Å². The highest BCUT2D eigenvalue weighted by Gasteiger charge is 2.55. The SMILES string of the molecule is CON=C(C(=O)NC1C(=O)N2C(C(=O)OC(C)OC(C)=O)=C(C=C3CCN(C)C3=O)CSC12)c1csc(N)n1. The lowest BCUT2D eigenvalue weighted by atomic mass is 10.0. The van der Waals surface area contributed by atoms with Crippen molar-refractivity contribution in [3.63, 3.8) is 0 Å². The molecule has 3 atom stereocenters. The number of esters is 2. The predicted molar refractivity (Wildman–Crippen MR) is 140 cm³/mol. The first-order valence-electron chi connectivity index (χ1n) is 11.7. The first-order chi connectivity index (χ1) is 18.5. The van der Waals surface area contributed by atoms with E-state index in [2.05, 4.69) is 15.5 Å². The summed E-state index contributed by atoms with van der Waals surface area (Å²) >= 11 is 2.41. The number of thioether (sulfide) groups is 1. The fourth-order valence-electron chi connectivity index (χ4n) is 4.20. The van der Waals surface area contributed by atoms with Crippen LogP contribution in [0.5, 0.6) is 0 Å². The van der Waals surface area contributed by atoms with Gasteiger partial charge in [-0.3, -0.25) is 24.1 Å². The minimum atomic E-state index is -1.21. The Labute approximate surface area is 231 Å². The number of oxime groups is 1. The van der Waals surface area contributed by atoms with E-state index in [4.69, 9.17) is 20.0 Å². The number of thiazole rings is 1. The monoisotopic (exact) mass is 578 g/mol. The van der Waals surface area contributed by atoms with E-state index in [-0.39, 0.29) is 33.9 Å². The van der Waals surface area contributed by atoms with E-state index in [1.807, 2.05) is 0 Å². The number of nitrogen functional groups attached to an aromatic ring is 1. The number of nitrogens with one attached hydrogen (secondary N) is 1. The fraction of sp³-hybridized carbons (Fsp3) is 0.435. The van der Waals surface area contributed by atoms with E-state index in [0.29, 0.717) is 24.1 Å². The van der Waals surface area contributed by atoms with Gasteiger partial charge in [0, 0.05) is 44.1 Å². The van der Waals surface area contributed by atoms with Gasteiger partial charge in [0.15, 0.2) is 10.8 Å². The van der Waals surface area contributed by atoms with E-state index in [1.165, 1.54) is 43.0 Å². The van der Waals surface area contributed by atoms with Crippen molar-refractivity contribution in [1.82, 2.24) is 20.1 Å². The van der Waals surface area contributed by atoms with Gasteiger partial charge in [0.05, 0.1) is 0 Å². The van der Waals surface area contributed by atoms with Crippen molar-refractivity contribution in [2.75, 3.05) is 32.2 Å². The van der Waals surface area contributed by atoms with Crippen LogP contribution >= 0.6 is 23.1 Å². The number of nitrogens with zero attached hydrogens (tertiary/aromatic N) is 4. The highest BCUT2D eigenvalue weighted by atomic mass is 32.2. The Hall–Kier alpha value is -3.92. The summed E-state index contributed by atoms with van der Waals surface area (Å²) in [5.74, 6) is -2.78. The number of nitrogens with two attached hydrogens (primary N) is 1. The number of hydrogen-bond acceptors (Lipinski definition) is 13. The zero-order chi connectivity index (χ0) is 28.4. The van der Waals surface area contributed by atoms with Gasteiger partial charge in [-0.15, -0.1) is 23.1 Å². The molecule has 14 nitrogen and oxygen atoms in total. The van der Waals surface area contributed by atoms with Crippen LogP contribution in [-0.4, -0.2) is 94.3 Å². The molecule has 4 heterocycles. The molecule has 2 fully saturated rings. The Kier molecular flexibility index (Phi) is 8.25. The maximum Gasteiger partial charge on any atom is 0.358 e. The molecule has 0 saturated carbocycles. The van der Waals surface area contributed by atoms with Crippen LogP contribution in [0.2, 0.25) is 0 Å². The smallest absolute Gasteiger partial charge is 0.358 e. The molecule has 3 N–H and O–H groups in total. The van der Waals surface area contributed by atoms with Crippen LogP contribution in [-0.2, 0) is 38.3 Å². The third-order valence-corrected chi connectivity index (χ3v) is 7.91. The number of fused-ring (bicyclic) bond motifs is 1. The molecular formula is C23H26N6O8S2. The van der Waals surface area contributed by atoms with Crippen LogP contribution in [0.3, 0.4) is 0 Å². The maximum absolute atomic E-state index is 13.3. The lowest BCUT2D eigenvalue weighted by molar-refractivity contribution is -0.182. The van der Waals surface area contributed by atoms with Crippen molar-refractivity contribution >= 4 is 63.6 Å². The summed E-state index contributed by atoms with van der Waals surface area (Å²) in [6.45, 7) is 3.07. The normalized spacial score (nSPS) is 22.9. The molecule has 1 aromatic rings. The fourth-order valence-corrected chi connectivity index (χ4v) is 6.05. The number of ether oxygens (including phenoxy) is 2. The standard InChI is InChI=1S/C23H26N6O8S2/c1-10(30)36-11(2)37-22(34)17-13(7-12-5-6-28(3)19(12)32)8-38-21-16(20(33)29(17)21)26-18(31)15(27-35-4)14-9-39-23(24)25-14/h7,9,11,16,21H,5-6,8H2,1-4H3,(H2,24,25)(H,26,31). The van der Waals surface area contributed by atoms with Gasteiger partial charge in [0.2, 0.25) is 12.2 Å². The second-order valence-corrected chi connectivity index (χ2v) is 10.7. The Morgan fingerprint density at radius 3 is 2.64 bits per heavy atom. The van der Waals surface area contributed by atoms with Gasteiger partial charge >= 0.3 is 11.9 Å². The number of β-lactam (4-membered cyclic amide) rings is 1. The highest BCUT2D eigenvalue weighted by Crippen LogP contribution is 2.41. The second-order valence-electron chi connectivity index (χ2n) is 8.66. The first-order valence-corrected chi connectivity index (χ1v) is 13.6. The summed E-state index contributed by atoms with van der Waals surface area (Å²) in [5.41, 5.74) is 6.49. The minimum absolute atomic E-state index is 0.0823. The molecule has 1 aromatic heterocycles. The second kappa shape index (κ2) is 11.4. The average molecular weight is 579 g/mol. The first kappa shape index (κ1) is 28.1. The summed E-state index contributed by atoms with van der Waals surface area (Å²) < 4.78 is 10.2. The molecule has 0 radical (unpaired) electrons. The van der Waals surface area contributed by atoms with Crippen LogP contribution in [0.25, 0.3) is 0 Å². The third kappa shape index (κ3) is 5.75. The van der Waals surface area contributed by atoms with Gasteiger partial charge in [0.1, 0.15) is 29.9 Å². The van der Waals surface area contributed by atoms with Gasteiger partial charge in [-0.1, -0.05) is 5.16 Å². The lowest BCUT2D eigenvalue weighted by Crippen LogP contribution is -2.71. The van der Waals surface area contributed by atoms with Crippen LogP contribution < -0.4 is 11.1 Å². The lowest BCUT2D eigenvalue weighted by Gasteiger charge is -2.49. The zero-order valence-electron chi connectivity index (χ0n) is 21.5. The van der Waals surface area contributed by atoms with Crippen molar-refractivity contribution < 1.29 is 38.3 Å². The van der Waals surface area contributed by atoms with Gasteiger partial charge in [-0.25, -0.2) is 9.78 Å². The Morgan fingerprint density at radius 1 is 1.31 bits per heavy atom. The number of hydrogen-bond donors (Lipinski definition) is 2. The summed E-state index contributed by atoms with van der Waals surface area (Å²) in [5, 5.41) is 7.45. The van der Waals surface area contributed by atoms with Crippen molar-refractivity contribution in [2.45, 2.75) is 38.0 Å². The number of likely N-dealkylation sites (N-methyl/N-ethyl adjacent to an activating group) is 1. The van der Waals surface area contributed by atoms with Crippen LogP contribution in [0.1, 0.15) is 26.0 Å². The Bertz CT molecular complexity index is 1320. The predicted octanol–water partition coefficient (Wildman–Crippen LogP) is -0.0294.